The lowest BCUT2D eigenvalue weighted by atomic mass is 10.1. The molecule has 0 saturated carbocycles. The Morgan fingerprint density at radius 2 is 1.94 bits per heavy atom. The first-order valence-electron chi connectivity index (χ1n) is 5.47. The largest absolute Gasteiger partial charge is 0.497 e. The van der Waals surface area contributed by atoms with Crippen LogP contribution in [0.5, 0.6) is 5.75 Å². The van der Waals surface area contributed by atoms with Crippen LogP contribution in [0.15, 0.2) is 30.3 Å². The number of carbonyl (C=O) groups excluding carboxylic acids is 1. The van der Waals surface area contributed by atoms with E-state index in [9.17, 15) is 4.79 Å². The first kappa shape index (κ1) is 12.5. The van der Waals surface area contributed by atoms with Gasteiger partial charge in [-0.1, -0.05) is 32.1 Å². The van der Waals surface area contributed by atoms with Gasteiger partial charge in [0.1, 0.15) is 5.75 Å². The average molecular weight is 218 g/mol. The summed E-state index contributed by atoms with van der Waals surface area (Å²) < 4.78 is 5.06. The van der Waals surface area contributed by atoms with Crippen LogP contribution in [0.3, 0.4) is 0 Å². The number of hydrogen-bond acceptors (Lipinski definition) is 2. The Bertz CT molecular complexity index is 361. The van der Waals surface area contributed by atoms with Gasteiger partial charge in [0.15, 0.2) is 5.78 Å². The van der Waals surface area contributed by atoms with Crippen molar-refractivity contribution < 1.29 is 9.53 Å². The molecule has 0 unspecified atom stereocenters. The molecule has 1 aromatic rings. The van der Waals surface area contributed by atoms with Gasteiger partial charge in [0.2, 0.25) is 0 Å². The normalized spacial score (nSPS) is 11.0. The van der Waals surface area contributed by atoms with Crippen molar-refractivity contribution in [3.05, 3.63) is 35.9 Å². The van der Waals surface area contributed by atoms with Crippen LogP contribution in [0.1, 0.15) is 25.8 Å². The molecule has 0 amide bonds. The monoisotopic (exact) mass is 218 g/mol. The maximum atomic E-state index is 11.4. The number of rotatable bonds is 5. The van der Waals surface area contributed by atoms with Crippen LogP contribution in [0, 0.1) is 5.92 Å². The minimum absolute atomic E-state index is 0.172. The van der Waals surface area contributed by atoms with E-state index in [0.29, 0.717) is 12.3 Å². The molecule has 0 aromatic heterocycles. The van der Waals surface area contributed by atoms with Crippen LogP contribution in [0.2, 0.25) is 0 Å². The van der Waals surface area contributed by atoms with Gasteiger partial charge in [0.25, 0.3) is 0 Å². The van der Waals surface area contributed by atoms with Crippen LogP contribution in [0.25, 0.3) is 6.08 Å². The fraction of sp³-hybridized carbons (Fsp3) is 0.357. The maximum absolute atomic E-state index is 11.4. The summed E-state index contributed by atoms with van der Waals surface area (Å²) >= 11 is 0. The smallest absolute Gasteiger partial charge is 0.155 e. The molecule has 1 aromatic carbocycles. The fourth-order valence-electron chi connectivity index (χ4n) is 1.37. The van der Waals surface area contributed by atoms with Gasteiger partial charge >= 0.3 is 0 Å². The zero-order chi connectivity index (χ0) is 12.0. The van der Waals surface area contributed by atoms with Crippen molar-refractivity contribution in [2.75, 3.05) is 7.11 Å². The first-order valence-corrected chi connectivity index (χ1v) is 5.47. The molecule has 86 valence electrons. The lowest BCUT2D eigenvalue weighted by Crippen LogP contribution is -1.98. The minimum Gasteiger partial charge on any atom is -0.497 e. The second-order valence-electron chi connectivity index (χ2n) is 4.17. The molecule has 0 N–H and O–H groups in total. The molecule has 0 aliphatic rings. The lowest BCUT2D eigenvalue weighted by Gasteiger charge is -2.00. The molecule has 0 saturated heterocycles. The molecule has 0 radical (unpaired) electrons. The van der Waals surface area contributed by atoms with Crippen LogP contribution in [0.4, 0.5) is 0 Å². The average Bonchev–Trinajstić information content (AvgIpc) is 2.26. The van der Waals surface area contributed by atoms with Gasteiger partial charge in [0.05, 0.1) is 7.11 Å². The zero-order valence-electron chi connectivity index (χ0n) is 10.1. The van der Waals surface area contributed by atoms with Crippen LogP contribution in [-0.4, -0.2) is 12.9 Å². The molecule has 0 aliphatic carbocycles. The van der Waals surface area contributed by atoms with Crippen molar-refractivity contribution in [3.63, 3.8) is 0 Å². The van der Waals surface area contributed by atoms with Gasteiger partial charge < -0.3 is 4.74 Å². The quantitative estimate of drug-likeness (QED) is 0.709. The van der Waals surface area contributed by atoms with Crippen molar-refractivity contribution in [1.82, 2.24) is 0 Å². The highest BCUT2D eigenvalue weighted by molar-refractivity contribution is 5.93. The van der Waals surface area contributed by atoms with Crippen LogP contribution >= 0.6 is 0 Å². The Kier molecular flexibility index (Phi) is 4.77. The predicted molar refractivity (Wildman–Crippen MR) is 66.5 cm³/mol. The van der Waals surface area contributed by atoms with E-state index < -0.39 is 0 Å². The van der Waals surface area contributed by atoms with E-state index in [0.717, 1.165) is 11.3 Å². The third-order valence-electron chi connectivity index (χ3n) is 2.19. The summed E-state index contributed by atoms with van der Waals surface area (Å²) in [6.07, 6.45) is 4.08. The zero-order valence-corrected chi connectivity index (χ0v) is 10.1. The summed E-state index contributed by atoms with van der Waals surface area (Å²) in [5, 5.41) is 0. The van der Waals surface area contributed by atoms with Crippen LogP contribution in [-0.2, 0) is 4.79 Å². The second-order valence-corrected chi connectivity index (χ2v) is 4.17. The Hall–Kier alpha value is -1.57. The first-order chi connectivity index (χ1) is 7.61. The third-order valence-corrected chi connectivity index (χ3v) is 2.19. The summed E-state index contributed by atoms with van der Waals surface area (Å²) in [6.45, 7) is 4.08. The van der Waals surface area contributed by atoms with Crippen molar-refractivity contribution in [1.29, 1.82) is 0 Å². The van der Waals surface area contributed by atoms with E-state index in [-0.39, 0.29) is 5.78 Å². The van der Waals surface area contributed by atoms with Gasteiger partial charge in [0, 0.05) is 6.42 Å². The van der Waals surface area contributed by atoms with Gasteiger partial charge in [-0.15, -0.1) is 0 Å². The summed E-state index contributed by atoms with van der Waals surface area (Å²) in [4.78, 5) is 11.4. The highest BCUT2D eigenvalue weighted by Gasteiger charge is 2.00. The Morgan fingerprint density at radius 3 is 2.44 bits per heavy atom. The van der Waals surface area contributed by atoms with Gasteiger partial charge in [-0.2, -0.15) is 0 Å². The van der Waals surface area contributed by atoms with Gasteiger partial charge in [-0.25, -0.2) is 0 Å². The molecular weight excluding hydrogens is 200 g/mol. The summed E-state index contributed by atoms with van der Waals surface area (Å²) in [5.74, 6) is 1.41. The van der Waals surface area contributed by atoms with Gasteiger partial charge in [-0.05, 0) is 29.7 Å². The number of allylic oxidation sites excluding steroid dienone is 1. The molecule has 0 heterocycles. The molecule has 0 spiro atoms. The van der Waals surface area contributed by atoms with E-state index in [4.69, 9.17) is 4.74 Å². The predicted octanol–water partition coefficient (Wildman–Crippen LogP) is 3.32. The number of benzene rings is 1. The maximum Gasteiger partial charge on any atom is 0.155 e. The van der Waals surface area contributed by atoms with Crippen molar-refractivity contribution in [2.45, 2.75) is 20.3 Å². The topological polar surface area (TPSA) is 26.3 Å². The molecule has 2 nitrogen and oxygen atoms in total. The van der Waals surface area contributed by atoms with E-state index in [1.54, 1.807) is 13.2 Å². The minimum atomic E-state index is 0.172. The van der Waals surface area contributed by atoms with E-state index in [1.165, 1.54) is 0 Å². The van der Waals surface area contributed by atoms with Gasteiger partial charge in [-0.3, -0.25) is 4.79 Å². The molecule has 2 heteroatoms. The van der Waals surface area contributed by atoms with E-state index in [1.807, 2.05) is 44.2 Å². The summed E-state index contributed by atoms with van der Waals surface area (Å²) in [7, 11) is 1.64. The summed E-state index contributed by atoms with van der Waals surface area (Å²) in [6, 6.07) is 7.62. The molecule has 0 atom stereocenters. The van der Waals surface area contributed by atoms with Crippen LogP contribution < -0.4 is 4.74 Å². The third kappa shape index (κ3) is 4.30. The highest BCUT2D eigenvalue weighted by Crippen LogP contribution is 2.12. The second kappa shape index (κ2) is 6.11. The Labute approximate surface area is 96.9 Å². The highest BCUT2D eigenvalue weighted by atomic mass is 16.5. The molecule has 1 rings (SSSR count). The molecule has 16 heavy (non-hydrogen) atoms. The molecule has 0 fully saturated rings. The SMILES string of the molecule is COc1ccc(C=CC(=O)CC(C)C)cc1. The van der Waals surface area contributed by atoms with Crippen molar-refractivity contribution in [3.8, 4) is 5.75 Å². The van der Waals surface area contributed by atoms with Crippen molar-refractivity contribution >= 4 is 11.9 Å². The molecule has 0 bridgehead atoms. The van der Waals surface area contributed by atoms with E-state index in [2.05, 4.69) is 0 Å². The molecule has 0 aliphatic heterocycles. The number of hydrogen-bond donors (Lipinski definition) is 0. The Balaban J connectivity index is 2.58. The lowest BCUT2D eigenvalue weighted by molar-refractivity contribution is -0.115. The van der Waals surface area contributed by atoms with E-state index >= 15 is 0 Å². The van der Waals surface area contributed by atoms with Crippen molar-refractivity contribution in [2.24, 2.45) is 5.92 Å². The Morgan fingerprint density at radius 1 is 1.31 bits per heavy atom. The fourth-order valence-corrected chi connectivity index (χ4v) is 1.37. The number of ether oxygens (including phenoxy) is 1. The number of ketones is 1. The number of methoxy groups -OCH3 is 1. The summed E-state index contributed by atoms with van der Waals surface area (Å²) in [5.41, 5.74) is 1.01. The molecular formula is C14H18O2. The standard InChI is InChI=1S/C14H18O2/c1-11(2)10-13(15)7-4-12-5-8-14(16-3)9-6-12/h4-9,11H,10H2,1-3H3. The number of carbonyl (C=O) groups is 1.